The molecule has 1 heterocycles. The van der Waals surface area contributed by atoms with Crippen molar-refractivity contribution in [2.45, 2.75) is 18.6 Å². The first-order valence-electron chi connectivity index (χ1n) is 4.30. The second-order valence-electron chi connectivity index (χ2n) is 3.89. The molecule has 1 aromatic heterocycles. The average molecular weight is 283 g/mol. The molecule has 1 aromatic rings. The van der Waals surface area contributed by atoms with E-state index in [0.717, 1.165) is 17.6 Å². The zero-order valence-electron chi connectivity index (χ0n) is 8.94. The summed E-state index contributed by atoms with van der Waals surface area (Å²) in [7, 11) is -3.36. The number of carboxylic acids is 1. The lowest BCUT2D eigenvalue weighted by Crippen LogP contribution is -2.27. The Labute approximate surface area is 103 Å². The minimum atomic E-state index is -3.36. The van der Waals surface area contributed by atoms with E-state index >= 15 is 0 Å². The summed E-state index contributed by atoms with van der Waals surface area (Å²) in [5.41, 5.74) is 0.332. The summed E-state index contributed by atoms with van der Waals surface area (Å²) in [5.74, 6) is -1.11. The fraction of sp³-hybridized carbons (Fsp3) is 0.444. The lowest BCUT2D eigenvalue weighted by atomic mass is 10.1. The van der Waals surface area contributed by atoms with E-state index < -0.39 is 20.6 Å². The predicted molar refractivity (Wildman–Crippen MR) is 64.2 cm³/mol. The van der Waals surface area contributed by atoms with Gasteiger partial charge in [0.2, 0.25) is 0 Å². The van der Waals surface area contributed by atoms with E-state index in [9.17, 15) is 13.2 Å². The van der Waals surface area contributed by atoms with Crippen LogP contribution in [0.3, 0.4) is 0 Å². The van der Waals surface area contributed by atoms with Crippen LogP contribution in [0.15, 0.2) is 6.07 Å². The van der Waals surface area contributed by atoms with Gasteiger partial charge in [0.1, 0.15) is 4.88 Å². The van der Waals surface area contributed by atoms with Crippen LogP contribution in [0.2, 0.25) is 4.34 Å². The fourth-order valence-corrected chi connectivity index (χ4v) is 3.19. The highest BCUT2D eigenvalue weighted by Crippen LogP contribution is 2.39. The van der Waals surface area contributed by atoms with Crippen molar-refractivity contribution in [3.05, 3.63) is 20.8 Å². The minimum Gasteiger partial charge on any atom is -0.477 e. The second-order valence-corrected chi connectivity index (χ2v) is 8.10. The third-order valence-corrected chi connectivity index (χ3v) is 5.89. The number of halogens is 1. The van der Waals surface area contributed by atoms with Crippen molar-refractivity contribution in [3.63, 3.8) is 0 Å². The molecule has 1 rings (SSSR count). The van der Waals surface area contributed by atoms with Crippen LogP contribution in [-0.4, -0.2) is 25.7 Å². The molecule has 0 saturated carbocycles. The van der Waals surface area contributed by atoms with Crippen molar-refractivity contribution in [3.8, 4) is 0 Å². The minimum absolute atomic E-state index is 0.0386. The lowest BCUT2D eigenvalue weighted by molar-refractivity contribution is 0.0702. The number of rotatable bonds is 3. The van der Waals surface area contributed by atoms with Crippen molar-refractivity contribution in [1.82, 2.24) is 0 Å². The van der Waals surface area contributed by atoms with E-state index in [-0.39, 0.29) is 9.21 Å². The van der Waals surface area contributed by atoms with E-state index in [0.29, 0.717) is 5.56 Å². The normalized spacial score (nSPS) is 12.8. The van der Waals surface area contributed by atoms with E-state index in [1.807, 2.05) is 0 Å². The summed E-state index contributed by atoms with van der Waals surface area (Å²) < 4.78 is 22.2. The maximum atomic E-state index is 11.6. The standard InChI is InChI=1S/C9H11ClO4S2/c1-9(2,16(3,13)14)5-4-6(8(11)12)15-7(5)10/h4H,1-3H3,(H,11,12). The van der Waals surface area contributed by atoms with Gasteiger partial charge in [-0.05, 0) is 19.9 Å². The lowest BCUT2D eigenvalue weighted by Gasteiger charge is -2.21. The van der Waals surface area contributed by atoms with Crippen molar-refractivity contribution >= 4 is 38.7 Å². The summed E-state index contributed by atoms with van der Waals surface area (Å²) in [6, 6.07) is 1.32. The van der Waals surface area contributed by atoms with Gasteiger partial charge in [-0.15, -0.1) is 11.3 Å². The smallest absolute Gasteiger partial charge is 0.345 e. The third-order valence-electron chi connectivity index (χ3n) is 2.47. The molecule has 1 N–H and O–H groups in total. The highest BCUT2D eigenvalue weighted by atomic mass is 35.5. The molecule has 0 fully saturated rings. The molecule has 16 heavy (non-hydrogen) atoms. The van der Waals surface area contributed by atoms with Crippen LogP contribution in [0.1, 0.15) is 29.1 Å². The summed E-state index contributed by atoms with van der Waals surface area (Å²) in [5, 5.41) is 8.79. The van der Waals surface area contributed by atoms with E-state index in [1.54, 1.807) is 0 Å². The third kappa shape index (κ3) is 2.23. The fourth-order valence-electron chi connectivity index (χ4n) is 1.08. The number of carboxylic acid groups (broad SMARTS) is 1. The zero-order chi connectivity index (χ0) is 12.7. The molecule has 90 valence electrons. The van der Waals surface area contributed by atoms with Gasteiger partial charge in [0.25, 0.3) is 0 Å². The Kier molecular flexibility index (Phi) is 3.38. The van der Waals surface area contributed by atoms with Crippen LogP contribution in [0, 0.1) is 0 Å². The number of thiophene rings is 1. The number of hydrogen-bond donors (Lipinski definition) is 1. The Balaban J connectivity index is 3.40. The first-order valence-corrected chi connectivity index (χ1v) is 7.38. The van der Waals surface area contributed by atoms with E-state index in [1.165, 1.54) is 19.9 Å². The topological polar surface area (TPSA) is 71.4 Å². The first kappa shape index (κ1) is 13.5. The molecule has 0 spiro atoms. The monoisotopic (exact) mass is 282 g/mol. The number of sulfone groups is 1. The largest absolute Gasteiger partial charge is 0.477 e. The Bertz CT molecular complexity index is 528. The zero-order valence-corrected chi connectivity index (χ0v) is 11.3. The number of aromatic carboxylic acids is 1. The first-order chi connectivity index (χ1) is 7.07. The quantitative estimate of drug-likeness (QED) is 0.924. The van der Waals surface area contributed by atoms with Crippen LogP contribution < -0.4 is 0 Å². The molecular weight excluding hydrogens is 272 g/mol. The van der Waals surface area contributed by atoms with Gasteiger partial charge in [0.15, 0.2) is 9.84 Å². The molecule has 0 aromatic carbocycles. The SMILES string of the molecule is CC(C)(c1cc(C(=O)O)sc1Cl)S(C)(=O)=O. The molecule has 7 heteroatoms. The van der Waals surface area contributed by atoms with Gasteiger partial charge >= 0.3 is 5.97 Å². The Morgan fingerprint density at radius 2 is 2.00 bits per heavy atom. The molecule has 0 aliphatic rings. The maximum absolute atomic E-state index is 11.6. The van der Waals surface area contributed by atoms with Crippen LogP contribution >= 0.6 is 22.9 Å². The molecule has 0 amide bonds. The Morgan fingerprint density at radius 1 is 1.50 bits per heavy atom. The summed E-state index contributed by atoms with van der Waals surface area (Å²) in [6.45, 7) is 3.00. The molecule has 0 bridgehead atoms. The molecule has 0 radical (unpaired) electrons. The highest BCUT2D eigenvalue weighted by Gasteiger charge is 2.36. The van der Waals surface area contributed by atoms with Gasteiger partial charge in [0, 0.05) is 11.8 Å². The number of hydrogen-bond acceptors (Lipinski definition) is 4. The second kappa shape index (κ2) is 4.01. The molecule has 4 nitrogen and oxygen atoms in total. The van der Waals surface area contributed by atoms with Crippen LogP contribution in [0.5, 0.6) is 0 Å². The summed E-state index contributed by atoms with van der Waals surface area (Å²) >= 11 is 6.74. The van der Waals surface area contributed by atoms with Crippen molar-refractivity contribution in [2.24, 2.45) is 0 Å². The van der Waals surface area contributed by atoms with Gasteiger partial charge in [0.05, 0.1) is 9.08 Å². The van der Waals surface area contributed by atoms with Crippen molar-refractivity contribution < 1.29 is 18.3 Å². The van der Waals surface area contributed by atoms with Gasteiger partial charge < -0.3 is 5.11 Å². The van der Waals surface area contributed by atoms with Crippen LogP contribution in [-0.2, 0) is 14.6 Å². The summed E-state index contributed by atoms with van der Waals surface area (Å²) in [6.07, 6.45) is 1.10. The van der Waals surface area contributed by atoms with E-state index in [4.69, 9.17) is 16.7 Å². The molecule has 0 saturated heterocycles. The Morgan fingerprint density at radius 3 is 2.31 bits per heavy atom. The highest BCUT2D eigenvalue weighted by molar-refractivity contribution is 7.91. The van der Waals surface area contributed by atoms with Gasteiger partial charge in [-0.3, -0.25) is 0 Å². The molecule has 0 unspecified atom stereocenters. The van der Waals surface area contributed by atoms with Crippen molar-refractivity contribution in [1.29, 1.82) is 0 Å². The molecule has 0 aliphatic heterocycles. The summed E-state index contributed by atoms with van der Waals surface area (Å²) in [4.78, 5) is 10.8. The predicted octanol–water partition coefficient (Wildman–Crippen LogP) is 2.38. The maximum Gasteiger partial charge on any atom is 0.345 e. The molecule has 0 aliphatic carbocycles. The van der Waals surface area contributed by atoms with Crippen molar-refractivity contribution in [2.75, 3.05) is 6.26 Å². The van der Waals surface area contributed by atoms with Gasteiger partial charge in [-0.2, -0.15) is 0 Å². The van der Waals surface area contributed by atoms with Crippen LogP contribution in [0.4, 0.5) is 0 Å². The number of carbonyl (C=O) groups is 1. The van der Waals surface area contributed by atoms with Gasteiger partial charge in [-0.25, -0.2) is 13.2 Å². The Hall–Kier alpha value is -0.590. The molecular formula is C9H11ClO4S2. The van der Waals surface area contributed by atoms with Crippen LogP contribution in [0.25, 0.3) is 0 Å². The average Bonchev–Trinajstić information content (AvgIpc) is 2.45. The molecule has 0 atom stereocenters. The van der Waals surface area contributed by atoms with E-state index in [2.05, 4.69) is 0 Å². The van der Waals surface area contributed by atoms with Gasteiger partial charge in [-0.1, -0.05) is 11.6 Å².